The SMILES string of the molecule is COc1cc(O[C@H]2CCCNC2)ccc1[N+](=O)[O-]. The van der Waals surface area contributed by atoms with E-state index >= 15 is 0 Å². The van der Waals surface area contributed by atoms with Crippen LogP contribution in [0.25, 0.3) is 0 Å². The van der Waals surface area contributed by atoms with E-state index in [0.29, 0.717) is 5.75 Å². The van der Waals surface area contributed by atoms with Crippen molar-refractivity contribution >= 4 is 5.69 Å². The second-order valence-corrected chi connectivity index (χ2v) is 4.18. The third-order valence-electron chi connectivity index (χ3n) is 2.90. The lowest BCUT2D eigenvalue weighted by atomic mass is 10.1. The Balaban J connectivity index is 2.11. The molecule has 0 unspecified atom stereocenters. The van der Waals surface area contributed by atoms with Crippen molar-refractivity contribution in [2.24, 2.45) is 0 Å². The zero-order valence-corrected chi connectivity index (χ0v) is 10.2. The maximum absolute atomic E-state index is 10.8. The van der Waals surface area contributed by atoms with E-state index in [0.717, 1.165) is 25.9 Å². The summed E-state index contributed by atoms with van der Waals surface area (Å²) < 4.78 is 10.8. The Morgan fingerprint density at radius 2 is 2.33 bits per heavy atom. The number of hydrogen-bond acceptors (Lipinski definition) is 5. The summed E-state index contributed by atoms with van der Waals surface area (Å²) in [7, 11) is 1.41. The van der Waals surface area contributed by atoms with Crippen LogP contribution in [0.1, 0.15) is 12.8 Å². The smallest absolute Gasteiger partial charge is 0.311 e. The molecule has 6 nitrogen and oxygen atoms in total. The molecule has 0 saturated carbocycles. The monoisotopic (exact) mass is 252 g/mol. The number of piperidine rings is 1. The molecular formula is C12H16N2O4. The number of nitrogens with one attached hydrogen (secondary N) is 1. The fourth-order valence-corrected chi connectivity index (χ4v) is 1.99. The van der Waals surface area contributed by atoms with Gasteiger partial charge in [-0.2, -0.15) is 0 Å². The van der Waals surface area contributed by atoms with Crippen molar-refractivity contribution in [1.29, 1.82) is 0 Å². The van der Waals surface area contributed by atoms with Crippen molar-refractivity contribution in [2.45, 2.75) is 18.9 Å². The summed E-state index contributed by atoms with van der Waals surface area (Å²) in [4.78, 5) is 10.3. The molecule has 0 bridgehead atoms. The van der Waals surface area contributed by atoms with Crippen molar-refractivity contribution in [1.82, 2.24) is 5.32 Å². The van der Waals surface area contributed by atoms with E-state index < -0.39 is 4.92 Å². The van der Waals surface area contributed by atoms with Gasteiger partial charge in [0.2, 0.25) is 5.75 Å². The number of rotatable bonds is 4. The zero-order valence-electron chi connectivity index (χ0n) is 10.2. The molecule has 1 aliphatic rings. The highest BCUT2D eigenvalue weighted by Gasteiger charge is 2.18. The first-order chi connectivity index (χ1) is 8.70. The van der Waals surface area contributed by atoms with Crippen LogP contribution in [0.5, 0.6) is 11.5 Å². The Labute approximate surface area is 105 Å². The molecule has 1 aromatic rings. The summed E-state index contributed by atoms with van der Waals surface area (Å²) in [6, 6.07) is 4.58. The Bertz CT molecular complexity index is 430. The summed E-state index contributed by atoms with van der Waals surface area (Å²) in [6.45, 7) is 1.82. The number of nitro groups is 1. The molecule has 1 aliphatic heterocycles. The second kappa shape index (κ2) is 5.68. The number of nitrogens with zero attached hydrogens (tertiary/aromatic N) is 1. The first-order valence-corrected chi connectivity index (χ1v) is 5.90. The fraction of sp³-hybridized carbons (Fsp3) is 0.500. The number of ether oxygens (including phenoxy) is 2. The average Bonchev–Trinajstić information content (AvgIpc) is 2.39. The van der Waals surface area contributed by atoms with Crippen LogP contribution in [0.3, 0.4) is 0 Å². The number of hydrogen-bond donors (Lipinski definition) is 1. The van der Waals surface area contributed by atoms with Gasteiger partial charge in [0.25, 0.3) is 0 Å². The molecule has 98 valence electrons. The highest BCUT2D eigenvalue weighted by Crippen LogP contribution is 2.31. The zero-order chi connectivity index (χ0) is 13.0. The molecule has 1 N–H and O–H groups in total. The Hall–Kier alpha value is -1.82. The predicted octanol–water partition coefficient (Wildman–Crippen LogP) is 1.73. The van der Waals surface area contributed by atoms with Crippen molar-refractivity contribution in [3.63, 3.8) is 0 Å². The molecule has 18 heavy (non-hydrogen) atoms. The maximum Gasteiger partial charge on any atom is 0.311 e. The third kappa shape index (κ3) is 2.89. The van der Waals surface area contributed by atoms with E-state index in [2.05, 4.69) is 5.32 Å². The molecule has 1 heterocycles. The third-order valence-corrected chi connectivity index (χ3v) is 2.90. The van der Waals surface area contributed by atoms with Crippen LogP contribution in [-0.2, 0) is 0 Å². The summed E-state index contributed by atoms with van der Waals surface area (Å²) in [5.41, 5.74) is -0.0494. The molecule has 0 aliphatic carbocycles. The highest BCUT2D eigenvalue weighted by atomic mass is 16.6. The Morgan fingerprint density at radius 3 is 2.94 bits per heavy atom. The van der Waals surface area contributed by atoms with Gasteiger partial charge in [-0.05, 0) is 25.5 Å². The number of nitro benzene ring substituents is 1. The number of benzene rings is 1. The Kier molecular flexibility index (Phi) is 3.99. The van der Waals surface area contributed by atoms with Crippen LogP contribution < -0.4 is 14.8 Å². The first kappa shape index (κ1) is 12.6. The minimum absolute atomic E-state index is 0.0494. The largest absolute Gasteiger partial charge is 0.490 e. The lowest BCUT2D eigenvalue weighted by Gasteiger charge is -2.24. The molecule has 1 atom stereocenters. The summed E-state index contributed by atoms with van der Waals surface area (Å²) >= 11 is 0. The quantitative estimate of drug-likeness (QED) is 0.652. The van der Waals surface area contributed by atoms with E-state index in [4.69, 9.17) is 9.47 Å². The second-order valence-electron chi connectivity index (χ2n) is 4.18. The standard InChI is InChI=1S/C12H16N2O4/c1-17-12-7-9(4-5-11(12)14(15)16)18-10-3-2-6-13-8-10/h4-5,7,10,13H,2-3,6,8H2,1H3/t10-/m0/s1. The lowest BCUT2D eigenvalue weighted by molar-refractivity contribution is -0.385. The molecule has 0 amide bonds. The van der Waals surface area contributed by atoms with Crippen molar-refractivity contribution in [3.05, 3.63) is 28.3 Å². The lowest BCUT2D eigenvalue weighted by Crippen LogP contribution is -2.37. The van der Waals surface area contributed by atoms with Crippen LogP contribution >= 0.6 is 0 Å². The van der Waals surface area contributed by atoms with Gasteiger partial charge in [-0.15, -0.1) is 0 Å². The van der Waals surface area contributed by atoms with E-state index in [9.17, 15) is 10.1 Å². The van der Waals surface area contributed by atoms with Crippen molar-refractivity contribution in [3.8, 4) is 11.5 Å². The molecule has 0 radical (unpaired) electrons. The first-order valence-electron chi connectivity index (χ1n) is 5.90. The van der Waals surface area contributed by atoms with Gasteiger partial charge >= 0.3 is 5.69 Å². The van der Waals surface area contributed by atoms with Gasteiger partial charge in [-0.25, -0.2) is 0 Å². The maximum atomic E-state index is 10.8. The number of methoxy groups -OCH3 is 1. The predicted molar refractivity (Wildman–Crippen MR) is 66.2 cm³/mol. The van der Waals surface area contributed by atoms with Crippen molar-refractivity contribution in [2.75, 3.05) is 20.2 Å². The molecule has 2 rings (SSSR count). The molecule has 1 saturated heterocycles. The summed E-state index contributed by atoms with van der Waals surface area (Å²) in [5, 5.41) is 14.0. The molecule has 1 fully saturated rings. The van der Waals surface area contributed by atoms with Gasteiger partial charge < -0.3 is 14.8 Å². The van der Waals surface area contributed by atoms with Gasteiger partial charge in [0.05, 0.1) is 12.0 Å². The normalized spacial score (nSPS) is 19.3. The van der Waals surface area contributed by atoms with Gasteiger partial charge in [0.1, 0.15) is 11.9 Å². The molecule has 0 spiro atoms. The van der Waals surface area contributed by atoms with Gasteiger partial charge in [-0.1, -0.05) is 0 Å². The minimum atomic E-state index is -0.467. The molecule has 6 heteroatoms. The topological polar surface area (TPSA) is 73.6 Å². The average molecular weight is 252 g/mol. The molecular weight excluding hydrogens is 236 g/mol. The van der Waals surface area contributed by atoms with Crippen LogP contribution in [0.4, 0.5) is 5.69 Å². The molecule has 1 aromatic carbocycles. The van der Waals surface area contributed by atoms with Gasteiger partial charge in [0, 0.05) is 18.7 Å². The van der Waals surface area contributed by atoms with E-state index in [-0.39, 0.29) is 17.5 Å². The Morgan fingerprint density at radius 1 is 1.50 bits per heavy atom. The summed E-state index contributed by atoms with van der Waals surface area (Å²) in [6.07, 6.45) is 2.19. The van der Waals surface area contributed by atoms with Crippen LogP contribution in [-0.4, -0.2) is 31.2 Å². The van der Waals surface area contributed by atoms with E-state index in [1.165, 1.54) is 13.2 Å². The minimum Gasteiger partial charge on any atom is -0.490 e. The van der Waals surface area contributed by atoms with E-state index in [1.54, 1.807) is 12.1 Å². The van der Waals surface area contributed by atoms with Crippen LogP contribution in [0, 0.1) is 10.1 Å². The van der Waals surface area contributed by atoms with Crippen LogP contribution in [0.15, 0.2) is 18.2 Å². The highest BCUT2D eigenvalue weighted by molar-refractivity contribution is 5.50. The van der Waals surface area contributed by atoms with E-state index in [1.807, 2.05) is 0 Å². The van der Waals surface area contributed by atoms with Crippen molar-refractivity contribution < 1.29 is 14.4 Å². The fourth-order valence-electron chi connectivity index (χ4n) is 1.99. The summed E-state index contributed by atoms with van der Waals surface area (Å²) in [5.74, 6) is 0.826. The molecule has 0 aromatic heterocycles. The van der Waals surface area contributed by atoms with Crippen LogP contribution in [0.2, 0.25) is 0 Å². The van der Waals surface area contributed by atoms with Gasteiger partial charge in [0.15, 0.2) is 0 Å². The van der Waals surface area contributed by atoms with Gasteiger partial charge in [-0.3, -0.25) is 10.1 Å².